The third kappa shape index (κ3) is 7.05. The molecule has 0 spiro atoms. The summed E-state index contributed by atoms with van der Waals surface area (Å²) in [4.78, 5) is 33.0. The van der Waals surface area contributed by atoms with Crippen molar-refractivity contribution < 1.29 is 14.3 Å². The van der Waals surface area contributed by atoms with E-state index in [1.807, 2.05) is 45.0 Å². The number of aromatic nitrogens is 2. The second-order valence-electron chi connectivity index (χ2n) is 8.17. The van der Waals surface area contributed by atoms with E-state index in [0.29, 0.717) is 17.4 Å². The minimum atomic E-state index is -0.508. The molecule has 0 saturated carbocycles. The Morgan fingerprint density at radius 2 is 1.72 bits per heavy atom. The van der Waals surface area contributed by atoms with Crippen LogP contribution in [0.2, 0.25) is 0 Å². The van der Waals surface area contributed by atoms with Crippen LogP contribution in [0.5, 0.6) is 5.75 Å². The zero-order valence-corrected chi connectivity index (χ0v) is 19.4. The van der Waals surface area contributed by atoms with E-state index in [4.69, 9.17) is 4.74 Å². The normalized spacial score (nSPS) is 11.0. The first-order chi connectivity index (χ1) is 15.2. The third-order valence-corrected chi connectivity index (χ3v) is 4.98. The van der Waals surface area contributed by atoms with Gasteiger partial charge in [0.1, 0.15) is 22.4 Å². The molecule has 0 unspecified atom stereocenters. The van der Waals surface area contributed by atoms with Gasteiger partial charge in [-0.25, -0.2) is 19.6 Å². The standard InChI is InChI=1S/C23H27N5O3S/c1-5-7-16-8-6-9-18(24-16)26-21(29)27-19-14-32-20(25-19)15-10-12-17(13-11-15)31-22(30)28-23(2,3)4/h6,8-14H,5,7H2,1-4H3,(H,28,30)(H2,24,26,27,29). The van der Waals surface area contributed by atoms with Crippen LogP contribution >= 0.6 is 11.3 Å². The highest BCUT2D eigenvalue weighted by Crippen LogP contribution is 2.27. The summed E-state index contributed by atoms with van der Waals surface area (Å²) in [5.41, 5.74) is 1.41. The Hall–Kier alpha value is -3.46. The van der Waals surface area contributed by atoms with Crippen molar-refractivity contribution in [3.63, 3.8) is 0 Å². The van der Waals surface area contributed by atoms with Crippen molar-refractivity contribution in [1.82, 2.24) is 15.3 Å². The molecule has 1 aromatic carbocycles. The predicted molar refractivity (Wildman–Crippen MR) is 127 cm³/mol. The Labute approximate surface area is 191 Å². The van der Waals surface area contributed by atoms with Gasteiger partial charge in [0.2, 0.25) is 0 Å². The molecule has 0 saturated heterocycles. The van der Waals surface area contributed by atoms with Crippen molar-refractivity contribution in [2.75, 3.05) is 10.6 Å². The molecular weight excluding hydrogens is 426 g/mol. The Kier molecular flexibility index (Phi) is 7.42. The van der Waals surface area contributed by atoms with E-state index in [0.717, 1.165) is 29.1 Å². The number of carbonyl (C=O) groups is 2. The molecule has 3 amide bonds. The SMILES string of the molecule is CCCc1cccc(NC(=O)Nc2csc(-c3ccc(OC(=O)NC(C)(C)C)cc3)n2)n1. The van der Waals surface area contributed by atoms with E-state index in [1.54, 1.807) is 23.6 Å². The summed E-state index contributed by atoms with van der Waals surface area (Å²) < 4.78 is 5.28. The van der Waals surface area contributed by atoms with Gasteiger partial charge in [0.15, 0.2) is 0 Å². The lowest BCUT2D eigenvalue weighted by Crippen LogP contribution is -2.42. The molecule has 168 valence electrons. The maximum Gasteiger partial charge on any atom is 0.413 e. The number of amides is 3. The smallest absolute Gasteiger partial charge is 0.410 e. The number of urea groups is 1. The number of anilines is 2. The summed E-state index contributed by atoms with van der Waals surface area (Å²) in [7, 11) is 0. The van der Waals surface area contributed by atoms with Gasteiger partial charge in [-0.3, -0.25) is 10.6 Å². The van der Waals surface area contributed by atoms with Crippen molar-refractivity contribution in [3.05, 3.63) is 53.5 Å². The first kappa shape index (κ1) is 23.2. The maximum atomic E-state index is 12.3. The Morgan fingerprint density at radius 3 is 2.41 bits per heavy atom. The van der Waals surface area contributed by atoms with Crippen molar-refractivity contribution in [3.8, 4) is 16.3 Å². The van der Waals surface area contributed by atoms with Crippen LogP contribution < -0.4 is 20.7 Å². The number of hydrogen-bond acceptors (Lipinski definition) is 6. The van der Waals surface area contributed by atoms with E-state index in [2.05, 4.69) is 32.8 Å². The van der Waals surface area contributed by atoms with E-state index in [1.165, 1.54) is 11.3 Å². The summed E-state index contributed by atoms with van der Waals surface area (Å²) in [6, 6.07) is 12.2. The number of hydrogen-bond donors (Lipinski definition) is 3. The fourth-order valence-corrected chi connectivity index (χ4v) is 3.53. The molecule has 0 aliphatic carbocycles. The minimum Gasteiger partial charge on any atom is -0.410 e. The van der Waals surface area contributed by atoms with Crippen LogP contribution in [0.3, 0.4) is 0 Å². The number of rotatable bonds is 6. The van der Waals surface area contributed by atoms with Crippen LogP contribution in [0.25, 0.3) is 10.6 Å². The number of benzene rings is 1. The van der Waals surface area contributed by atoms with Crippen LogP contribution in [0.1, 0.15) is 39.8 Å². The molecule has 0 fully saturated rings. The molecule has 0 radical (unpaired) electrons. The quantitative estimate of drug-likeness (QED) is 0.445. The van der Waals surface area contributed by atoms with Crippen molar-refractivity contribution in [2.45, 2.75) is 46.1 Å². The van der Waals surface area contributed by atoms with Gasteiger partial charge in [-0.2, -0.15) is 0 Å². The fraction of sp³-hybridized carbons (Fsp3) is 0.304. The second-order valence-corrected chi connectivity index (χ2v) is 9.03. The molecule has 3 aromatic rings. The Bertz CT molecular complexity index is 1070. The van der Waals surface area contributed by atoms with Gasteiger partial charge in [-0.1, -0.05) is 19.4 Å². The zero-order valence-electron chi connectivity index (χ0n) is 18.6. The second kappa shape index (κ2) is 10.2. The minimum absolute atomic E-state index is 0.373. The molecule has 0 aliphatic rings. The average Bonchev–Trinajstić information content (AvgIpc) is 3.16. The number of aryl methyl sites for hydroxylation is 1. The molecule has 0 aliphatic heterocycles. The Morgan fingerprint density at radius 1 is 1.00 bits per heavy atom. The molecule has 0 bridgehead atoms. The molecule has 32 heavy (non-hydrogen) atoms. The lowest BCUT2D eigenvalue weighted by Gasteiger charge is -2.19. The van der Waals surface area contributed by atoms with Gasteiger partial charge in [0, 0.05) is 22.2 Å². The van der Waals surface area contributed by atoms with Crippen molar-refractivity contribution in [1.29, 1.82) is 0 Å². The number of thiazole rings is 1. The van der Waals surface area contributed by atoms with E-state index >= 15 is 0 Å². The van der Waals surface area contributed by atoms with Gasteiger partial charge in [-0.05, 0) is 63.6 Å². The van der Waals surface area contributed by atoms with Gasteiger partial charge < -0.3 is 10.1 Å². The molecular formula is C23H27N5O3S. The largest absolute Gasteiger partial charge is 0.413 e. The topological polar surface area (TPSA) is 105 Å². The highest BCUT2D eigenvalue weighted by atomic mass is 32.1. The molecule has 3 rings (SSSR count). The maximum absolute atomic E-state index is 12.3. The van der Waals surface area contributed by atoms with Crippen LogP contribution in [0.4, 0.5) is 21.2 Å². The van der Waals surface area contributed by atoms with Gasteiger partial charge >= 0.3 is 12.1 Å². The van der Waals surface area contributed by atoms with Crippen LogP contribution in [-0.2, 0) is 6.42 Å². The molecule has 8 nitrogen and oxygen atoms in total. The zero-order chi connectivity index (χ0) is 23.1. The highest BCUT2D eigenvalue weighted by Gasteiger charge is 2.15. The van der Waals surface area contributed by atoms with E-state index in [9.17, 15) is 9.59 Å². The van der Waals surface area contributed by atoms with Crippen molar-refractivity contribution >= 4 is 35.1 Å². The molecule has 2 heterocycles. The van der Waals surface area contributed by atoms with Crippen molar-refractivity contribution in [2.24, 2.45) is 0 Å². The highest BCUT2D eigenvalue weighted by molar-refractivity contribution is 7.13. The molecule has 9 heteroatoms. The summed E-state index contributed by atoms with van der Waals surface area (Å²) in [6.07, 6.45) is 1.34. The number of pyridine rings is 1. The third-order valence-electron chi connectivity index (χ3n) is 4.09. The Balaban J connectivity index is 1.57. The van der Waals surface area contributed by atoms with Crippen LogP contribution in [0.15, 0.2) is 47.8 Å². The summed E-state index contributed by atoms with van der Waals surface area (Å²) in [6.45, 7) is 7.72. The average molecular weight is 454 g/mol. The molecule has 2 aromatic heterocycles. The summed E-state index contributed by atoms with van der Waals surface area (Å²) in [5.74, 6) is 1.37. The lowest BCUT2D eigenvalue weighted by atomic mass is 10.1. The van der Waals surface area contributed by atoms with Gasteiger partial charge in [0.05, 0.1) is 0 Å². The lowest BCUT2D eigenvalue weighted by molar-refractivity contribution is 0.190. The van der Waals surface area contributed by atoms with E-state index in [-0.39, 0.29) is 5.54 Å². The molecule has 3 N–H and O–H groups in total. The van der Waals surface area contributed by atoms with Gasteiger partial charge in [-0.15, -0.1) is 11.3 Å². The first-order valence-electron chi connectivity index (χ1n) is 10.3. The predicted octanol–water partition coefficient (Wildman–Crippen LogP) is 5.69. The number of nitrogens with one attached hydrogen (secondary N) is 3. The summed E-state index contributed by atoms with van der Waals surface area (Å²) in [5, 5.41) is 10.7. The number of ether oxygens (including phenoxy) is 1. The number of nitrogens with zero attached hydrogens (tertiary/aromatic N) is 2. The van der Waals surface area contributed by atoms with E-state index < -0.39 is 12.1 Å². The monoisotopic (exact) mass is 453 g/mol. The van der Waals surface area contributed by atoms with Crippen LogP contribution in [-0.4, -0.2) is 27.6 Å². The number of carbonyl (C=O) groups excluding carboxylic acids is 2. The molecule has 0 atom stereocenters. The first-order valence-corrected chi connectivity index (χ1v) is 11.2. The van der Waals surface area contributed by atoms with Gasteiger partial charge in [0.25, 0.3) is 0 Å². The van der Waals surface area contributed by atoms with Crippen LogP contribution in [0, 0.1) is 0 Å². The summed E-state index contributed by atoms with van der Waals surface area (Å²) >= 11 is 1.40. The fourth-order valence-electron chi connectivity index (χ4n) is 2.78.